The summed E-state index contributed by atoms with van der Waals surface area (Å²) < 4.78 is 44.2. The van der Waals surface area contributed by atoms with E-state index in [0.717, 1.165) is 21.0 Å². The Morgan fingerprint density at radius 3 is 2.05 bits per heavy atom. The van der Waals surface area contributed by atoms with Crippen molar-refractivity contribution in [2.24, 2.45) is 0 Å². The SMILES string of the molecule is CNC(=O)C(Cc1ccccc1)N(Cc1ccccc1F)C(=O)CN(c1ccc(C(C)C)cc1)S(=O)(=O)c1ccc(C)cc1. The smallest absolute Gasteiger partial charge is 0.264 e. The molecule has 0 saturated heterocycles. The number of amides is 2. The van der Waals surface area contributed by atoms with Crippen molar-refractivity contribution in [1.29, 1.82) is 0 Å². The quantitative estimate of drug-likeness (QED) is 0.217. The molecular weight excluding hydrogens is 577 g/mol. The lowest BCUT2D eigenvalue weighted by Crippen LogP contribution is -2.53. The summed E-state index contributed by atoms with van der Waals surface area (Å²) in [4.78, 5) is 28.9. The molecule has 44 heavy (non-hydrogen) atoms. The number of aryl methyl sites for hydroxylation is 1. The average molecular weight is 616 g/mol. The van der Waals surface area contributed by atoms with E-state index in [1.807, 2.05) is 63.2 Å². The van der Waals surface area contributed by atoms with Gasteiger partial charge in [-0.05, 0) is 54.3 Å². The molecule has 1 unspecified atom stereocenters. The Balaban J connectivity index is 1.80. The molecule has 0 aliphatic carbocycles. The van der Waals surface area contributed by atoms with Gasteiger partial charge in [0.05, 0.1) is 10.6 Å². The van der Waals surface area contributed by atoms with Crippen LogP contribution in [0.5, 0.6) is 0 Å². The van der Waals surface area contributed by atoms with Gasteiger partial charge < -0.3 is 10.2 Å². The summed E-state index contributed by atoms with van der Waals surface area (Å²) in [6.07, 6.45) is 0.147. The highest BCUT2D eigenvalue weighted by Gasteiger charge is 2.34. The van der Waals surface area contributed by atoms with E-state index in [0.29, 0.717) is 5.69 Å². The van der Waals surface area contributed by atoms with Crippen LogP contribution in [0.3, 0.4) is 0 Å². The number of hydrogen-bond acceptors (Lipinski definition) is 4. The Labute approximate surface area is 259 Å². The van der Waals surface area contributed by atoms with Crippen LogP contribution in [0, 0.1) is 12.7 Å². The first kappa shape index (κ1) is 32.4. The third-order valence-corrected chi connectivity index (χ3v) is 9.34. The lowest BCUT2D eigenvalue weighted by molar-refractivity contribution is -0.139. The number of halogens is 1. The number of nitrogens with zero attached hydrogens (tertiary/aromatic N) is 2. The van der Waals surface area contributed by atoms with Gasteiger partial charge in [-0.15, -0.1) is 0 Å². The van der Waals surface area contributed by atoms with Gasteiger partial charge >= 0.3 is 0 Å². The Morgan fingerprint density at radius 2 is 1.45 bits per heavy atom. The molecule has 4 aromatic rings. The minimum absolute atomic E-state index is 0.0247. The minimum Gasteiger partial charge on any atom is -0.357 e. The lowest BCUT2D eigenvalue weighted by atomic mass is 10.0. The molecule has 7 nitrogen and oxygen atoms in total. The molecule has 0 heterocycles. The highest BCUT2D eigenvalue weighted by molar-refractivity contribution is 7.92. The normalized spacial score (nSPS) is 12.0. The van der Waals surface area contributed by atoms with E-state index in [1.54, 1.807) is 42.5 Å². The number of hydrogen-bond donors (Lipinski definition) is 1. The van der Waals surface area contributed by atoms with Gasteiger partial charge in [0.2, 0.25) is 11.8 Å². The Hall–Kier alpha value is -4.50. The number of carbonyl (C=O) groups is 2. The van der Waals surface area contributed by atoms with Crippen molar-refractivity contribution in [2.75, 3.05) is 17.9 Å². The van der Waals surface area contributed by atoms with Crippen LogP contribution in [0.25, 0.3) is 0 Å². The maximum Gasteiger partial charge on any atom is 0.264 e. The Kier molecular flexibility index (Phi) is 10.5. The van der Waals surface area contributed by atoms with Gasteiger partial charge in [-0.25, -0.2) is 12.8 Å². The van der Waals surface area contributed by atoms with Crippen molar-refractivity contribution in [2.45, 2.75) is 50.6 Å². The van der Waals surface area contributed by atoms with Crippen molar-refractivity contribution >= 4 is 27.5 Å². The highest BCUT2D eigenvalue weighted by Crippen LogP contribution is 2.27. The van der Waals surface area contributed by atoms with Crippen LogP contribution in [0.4, 0.5) is 10.1 Å². The van der Waals surface area contributed by atoms with Crippen LogP contribution in [0.2, 0.25) is 0 Å². The molecule has 0 bridgehead atoms. The van der Waals surface area contributed by atoms with Gasteiger partial charge in [-0.2, -0.15) is 0 Å². The number of benzene rings is 4. The van der Waals surface area contributed by atoms with E-state index < -0.39 is 40.2 Å². The summed E-state index contributed by atoms with van der Waals surface area (Å²) >= 11 is 0. The second kappa shape index (κ2) is 14.3. The van der Waals surface area contributed by atoms with E-state index in [2.05, 4.69) is 5.32 Å². The first-order valence-electron chi connectivity index (χ1n) is 14.5. The molecule has 9 heteroatoms. The fraction of sp³-hybridized carbons (Fsp3) is 0.257. The molecule has 0 aliphatic heterocycles. The second-order valence-electron chi connectivity index (χ2n) is 11.0. The Bertz CT molecular complexity index is 1680. The number of sulfonamides is 1. The van der Waals surface area contributed by atoms with Crippen LogP contribution in [-0.2, 0) is 32.6 Å². The second-order valence-corrected chi connectivity index (χ2v) is 12.9. The van der Waals surface area contributed by atoms with Gasteiger partial charge in [0.15, 0.2) is 0 Å². The number of carbonyl (C=O) groups excluding carboxylic acids is 2. The predicted molar refractivity (Wildman–Crippen MR) is 171 cm³/mol. The van der Waals surface area contributed by atoms with Gasteiger partial charge in [0, 0.05) is 25.6 Å². The van der Waals surface area contributed by atoms with E-state index in [9.17, 15) is 22.4 Å². The standard InChI is InChI=1S/C35H38FN3O4S/c1-25(2)28-16-18-30(19-17-28)39(44(42,43)31-20-14-26(3)15-21-31)24-34(40)38(23-29-12-8-9-13-32(29)36)33(35(41)37-4)22-27-10-6-5-7-11-27/h5-21,25,33H,22-24H2,1-4H3,(H,37,41). The summed E-state index contributed by atoms with van der Waals surface area (Å²) in [6.45, 7) is 5.08. The van der Waals surface area contributed by atoms with Crippen molar-refractivity contribution in [3.63, 3.8) is 0 Å². The zero-order valence-corrected chi connectivity index (χ0v) is 26.2. The van der Waals surface area contributed by atoms with Crippen molar-refractivity contribution < 1.29 is 22.4 Å². The minimum atomic E-state index is -4.21. The first-order valence-corrected chi connectivity index (χ1v) is 15.9. The fourth-order valence-electron chi connectivity index (χ4n) is 4.92. The monoisotopic (exact) mass is 615 g/mol. The Morgan fingerprint density at radius 1 is 0.841 bits per heavy atom. The van der Waals surface area contributed by atoms with E-state index in [4.69, 9.17) is 0 Å². The molecule has 0 aromatic heterocycles. The van der Waals surface area contributed by atoms with Crippen molar-refractivity contribution in [1.82, 2.24) is 10.2 Å². The summed E-state index contributed by atoms with van der Waals surface area (Å²) in [6, 6.07) is 27.6. The molecule has 1 N–H and O–H groups in total. The summed E-state index contributed by atoms with van der Waals surface area (Å²) in [5.74, 6) is -1.42. The molecule has 2 amide bonds. The average Bonchev–Trinajstić information content (AvgIpc) is 3.02. The van der Waals surface area contributed by atoms with Crippen LogP contribution in [0.15, 0.2) is 108 Å². The number of likely N-dealkylation sites (N-methyl/N-ethyl adjacent to an activating group) is 1. The molecule has 4 rings (SSSR count). The molecule has 230 valence electrons. The van der Waals surface area contributed by atoms with Gasteiger partial charge in [-0.3, -0.25) is 13.9 Å². The summed E-state index contributed by atoms with van der Waals surface area (Å²) in [5, 5.41) is 2.63. The third-order valence-electron chi connectivity index (χ3n) is 7.55. The highest BCUT2D eigenvalue weighted by atomic mass is 32.2. The van der Waals surface area contributed by atoms with Gasteiger partial charge in [0.25, 0.3) is 10.0 Å². The van der Waals surface area contributed by atoms with E-state index in [1.165, 1.54) is 30.1 Å². The predicted octanol–water partition coefficient (Wildman–Crippen LogP) is 5.84. The largest absolute Gasteiger partial charge is 0.357 e. The molecule has 1 atom stereocenters. The molecule has 0 aliphatic rings. The molecule has 4 aromatic carbocycles. The van der Waals surface area contributed by atoms with Gasteiger partial charge in [0.1, 0.15) is 18.4 Å². The number of rotatable bonds is 12. The molecule has 0 radical (unpaired) electrons. The first-order chi connectivity index (χ1) is 21.0. The van der Waals surface area contributed by atoms with Crippen LogP contribution >= 0.6 is 0 Å². The third kappa shape index (κ3) is 7.71. The topological polar surface area (TPSA) is 86.8 Å². The van der Waals surface area contributed by atoms with Crippen molar-refractivity contribution in [3.05, 3.63) is 131 Å². The zero-order chi connectivity index (χ0) is 31.9. The van der Waals surface area contributed by atoms with E-state index >= 15 is 0 Å². The summed E-state index contributed by atoms with van der Waals surface area (Å²) in [7, 11) is -2.74. The molecule has 0 saturated carbocycles. The van der Waals surface area contributed by atoms with Crippen molar-refractivity contribution in [3.8, 4) is 0 Å². The zero-order valence-electron chi connectivity index (χ0n) is 25.4. The molecule has 0 spiro atoms. The van der Waals surface area contributed by atoms with Crippen LogP contribution in [0.1, 0.15) is 42.0 Å². The van der Waals surface area contributed by atoms with E-state index in [-0.39, 0.29) is 29.3 Å². The fourth-order valence-corrected chi connectivity index (χ4v) is 6.34. The maximum atomic E-state index is 14.9. The maximum absolute atomic E-state index is 14.9. The van der Waals surface area contributed by atoms with Crippen LogP contribution in [-0.4, -0.2) is 44.8 Å². The molecular formula is C35H38FN3O4S. The lowest BCUT2D eigenvalue weighted by Gasteiger charge is -2.33. The molecule has 0 fully saturated rings. The van der Waals surface area contributed by atoms with Crippen LogP contribution < -0.4 is 9.62 Å². The number of anilines is 1. The van der Waals surface area contributed by atoms with Gasteiger partial charge in [-0.1, -0.05) is 92.2 Å². The number of nitrogens with one attached hydrogen (secondary N) is 1. The summed E-state index contributed by atoms with van der Waals surface area (Å²) in [5.41, 5.74) is 3.20.